The summed E-state index contributed by atoms with van der Waals surface area (Å²) in [7, 11) is 0. The van der Waals surface area contributed by atoms with Crippen LogP contribution in [0.1, 0.15) is 65.5 Å². The third-order valence-electron chi connectivity index (χ3n) is 14.9. The summed E-state index contributed by atoms with van der Waals surface area (Å²) in [5, 5.41) is 5.08. The fourth-order valence-corrected chi connectivity index (χ4v) is 11.3. The molecule has 0 spiro atoms. The minimum Gasteiger partial charge on any atom is -0.493 e. The van der Waals surface area contributed by atoms with Crippen LogP contribution < -0.4 is 35.3 Å². The number of aromatic nitrogens is 2. The topological polar surface area (TPSA) is 73.1 Å². The summed E-state index contributed by atoms with van der Waals surface area (Å²) in [5.41, 5.74) is 18.6. The van der Waals surface area contributed by atoms with E-state index in [-0.39, 0.29) is 17.5 Å². The Bertz CT molecular complexity index is 3870. The maximum Gasteiger partial charge on any atom is 0.284 e. The predicted octanol–water partition coefficient (Wildman–Crippen LogP) is 13.8. The molecule has 4 aromatic heterocycles. The van der Waals surface area contributed by atoms with Crippen LogP contribution in [-0.4, -0.2) is 42.3 Å². The molecular formula is C64H57BN2O6. The average molecular weight is 961 g/mol. The van der Waals surface area contributed by atoms with Gasteiger partial charge in [-0.15, -0.1) is 0 Å². The first-order chi connectivity index (χ1) is 35.5. The molecule has 2 aliphatic rings. The standard InChI is InChI=1S/C64H57BN2O6/c1-63(2,3)44-20-26-54-49(38-44)48-12-7-13-52-61(48)66(54)56-36-43(41-18-24-47(25-19-41)69-31-11-33-73-59-15-9-29-71-59)37-57-60(56)65(52)53-35-42(34-51-50-39-45(64(4,5)6)21-27-55(50)67(57)62(51)53)40-16-22-46(23-17-40)68-30-10-32-72-58-14-8-28-70-58/h7-9,12-29,34-39H,10-11,30-33H2,1-6H3. The first-order valence-corrected chi connectivity index (χ1v) is 25.6. The first kappa shape index (κ1) is 44.9. The van der Waals surface area contributed by atoms with Gasteiger partial charge in [-0.1, -0.05) is 102 Å². The Morgan fingerprint density at radius 2 is 0.918 bits per heavy atom. The van der Waals surface area contributed by atoms with E-state index in [0.717, 1.165) is 41.0 Å². The van der Waals surface area contributed by atoms with Crippen LogP contribution in [0.4, 0.5) is 0 Å². The number of hydrogen-bond acceptors (Lipinski definition) is 6. The first-order valence-electron chi connectivity index (χ1n) is 25.6. The number of benzene rings is 7. The zero-order chi connectivity index (χ0) is 49.6. The third kappa shape index (κ3) is 7.75. The summed E-state index contributed by atoms with van der Waals surface area (Å²) in [6.07, 6.45) is 4.72. The van der Waals surface area contributed by atoms with Crippen molar-refractivity contribution in [3.63, 3.8) is 0 Å². The van der Waals surface area contributed by atoms with Crippen molar-refractivity contribution in [2.24, 2.45) is 0 Å². The minimum absolute atomic E-state index is 0.00279. The Kier molecular flexibility index (Phi) is 10.7. The Hall–Kier alpha value is -8.04. The molecule has 13 rings (SSSR count). The molecule has 8 nitrogen and oxygen atoms in total. The molecule has 0 amide bonds. The number of fused-ring (bicyclic) bond motifs is 10. The maximum atomic E-state index is 6.22. The van der Waals surface area contributed by atoms with Crippen LogP contribution in [0.25, 0.3) is 77.2 Å². The van der Waals surface area contributed by atoms with E-state index in [1.54, 1.807) is 12.5 Å². The molecule has 2 aliphatic heterocycles. The normalized spacial score (nSPS) is 12.8. The van der Waals surface area contributed by atoms with Crippen molar-refractivity contribution in [1.82, 2.24) is 9.13 Å². The van der Waals surface area contributed by atoms with Gasteiger partial charge in [0.25, 0.3) is 18.6 Å². The van der Waals surface area contributed by atoms with Crippen LogP contribution in [0.5, 0.6) is 23.4 Å². The molecule has 9 heteroatoms. The molecule has 73 heavy (non-hydrogen) atoms. The minimum atomic E-state index is -0.0374. The Balaban J connectivity index is 0.969. The number of nitrogens with zero attached hydrogens (tertiary/aromatic N) is 2. The van der Waals surface area contributed by atoms with E-state index >= 15 is 0 Å². The number of furan rings is 2. The summed E-state index contributed by atoms with van der Waals surface area (Å²) >= 11 is 0. The van der Waals surface area contributed by atoms with Gasteiger partial charge in [-0.2, -0.15) is 0 Å². The third-order valence-corrected chi connectivity index (χ3v) is 14.9. The van der Waals surface area contributed by atoms with E-state index in [1.165, 1.54) is 88.1 Å². The van der Waals surface area contributed by atoms with Gasteiger partial charge in [-0.05, 0) is 139 Å². The van der Waals surface area contributed by atoms with Crippen molar-refractivity contribution in [3.05, 3.63) is 175 Å². The second kappa shape index (κ2) is 17.3. The second-order valence-corrected chi connectivity index (χ2v) is 21.7. The molecule has 0 aliphatic carbocycles. The summed E-state index contributed by atoms with van der Waals surface area (Å²) in [6, 6.07) is 55.5. The summed E-state index contributed by atoms with van der Waals surface area (Å²) in [5.74, 6) is 2.71. The van der Waals surface area contributed by atoms with E-state index < -0.39 is 0 Å². The highest BCUT2D eigenvalue weighted by atomic mass is 16.6. The molecule has 0 radical (unpaired) electrons. The molecule has 7 aromatic carbocycles. The van der Waals surface area contributed by atoms with Crippen LogP contribution in [0, 0.1) is 0 Å². The molecule has 362 valence electrons. The molecule has 0 fully saturated rings. The van der Waals surface area contributed by atoms with Gasteiger partial charge < -0.3 is 36.9 Å². The molecule has 0 atom stereocenters. The molecule has 6 heterocycles. The number of rotatable bonds is 14. The lowest BCUT2D eigenvalue weighted by molar-refractivity contribution is 0.210. The van der Waals surface area contributed by atoms with Gasteiger partial charge in [-0.25, -0.2) is 0 Å². The highest BCUT2D eigenvalue weighted by Gasteiger charge is 2.41. The monoisotopic (exact) mass is 960 g/mol. The smallest absolute Gasteiger partial charge is 0.284 e. The largest absolute Gasteiger partial charge is 0.493 e. The Morgan fingerprint density at radius 3 is 1.42 bits per heavy atom. The second-order valence-electron chi connectivity index (χ2n) is 21.7. The van der Waals surface area contributed by atoms with Crippen LogP contribution in [-0.2, 0) is 10.8 Å². The van der Waals surface area contributed by atoms with Crippen molar-refractivity contribution in [2.45, 2.75) is 65.2 Å². The van der Waals surface area contributed by atoms with Gasteiger partial charge in [0.1, 0.15) is 11.5 Å². The van der Waals surface area contributed by atoms with Gasteiger partial charge in [0, 0.05) is 68.9 Å². The fourth-order valence-electron chi connectivity index (χ4n) is 11.3. The van der Waals surface area contributed by atoms with Crippen molar-refractivity contribution < 1.29 is 27.8 Å². The SMILES string of the molecule is CC(C)(C)c1ccc2c(c1)c1cccc3c1n2-c1cc(-c2ccc(OCCCOc4ccco4)cc2)cc2c1B3c1cc(-c3ccc(OCCCOc4ccco4)cc3)cc3c4cc(C(C)(C)C)ccc4n-2c13. The molecule has 11 aromatic rings. The lowest BCUT2D eigenvalue weighted by atomic mass is 9.34. The van der Waals surface area contributed by atoms with E-state index in [0.29, 0.717) is 38.3 Å². The predicted molar refractivity (Wildman–Crippen MR) is 297 cm³/mol. The van der Waals surface area contributed by atoms with E-state index in [9.17, 15) is 0 Å². The summed E-state index contributed by atoms with van der Waals surface area (Å²) in [6.45, 7) is 15.9. The van der Waals surface area contributed by atoms with Crippen LogP contribution in [0.2, 0.25) is 0 Å². The average Bonchev–Trinajstić information content (AvgIpc) is 4.23. The quantitative estimate of drug-likeness (QED) is 0.0799. The number of hydrogen-bond donors (Lipinski definition) is 0. The maximum absolute atomic E-state index is 6.22. The molecule has 0 N–H and O–H groups in total. The van der Waals surface area contributed by atoms with E-state index in [4.69, 9.17) is 27.8 Å². The zero-order valence-electron chi connectivity index (χ0n) is 42.3. The lowest BCUT2D eigenvalue weighted by Crippen LogP contribution is -2.59. The Morgan fingerprint density at radius 1 is 0.425 bits per heavy atom. The highest BCUT2D eigenvalue weighted by Crippen LogP contribution is 2.43. The van der Waals surface area contributed by atoms with Crippen LogP contribution in [0.3, 0.4) is 0 Å². The molecule has 0 bridgehead atoms. The number of para-hydroxylation sites is 1. The van der Waals surface area contributed by atoms with Gasteiger partial charge in [0.05, 0.1) is 50.0 Å². The lowest BCUT2D eigenvalue weighted by Gasteiger charge is -2.34. The fraction of sp³-hybridized carbons (Fsp3) is 0.219. The zero-order valence-corrected chi connectivity index (χ0v) is 42.3. The van der Waals surface area contributed by atoms with Crippen LogP contribution in [0.15, 0.2) is 173 Å². The molecule has 0 saturated carbocycles. The summed E-state index contributed by atoms with van der Waals surface area (Å²) < 4.78 is 39.6. The van der Waals surface area contributed by atoms with Crippen LogP contribution >= 0.6 is 0 Å². The summed E-state index contributed by atoms with van der Waals surface area (Å²) in [4.78, 5) is 0. The van der Waals surface area contributed by atoms with Crippen molar-refractivity contribution in [1.29, 1.82) is 0 Å². The van der Waals surface area contributed by atoms with E-state index in [1.807, 2.05) is 24.3 Å². The van der Waals surface area contributed by atoms with Gasteiger partial charge in [0.15, 0.2) is 0 Å². The van der Waals surface area contributed by atoms with Gasteiger partial charge in [-0.3, -0.25) is 0 Å². The number of ether oxygens (including phenoxy) is 4. The van der Waals surface area contributed by atoms with Gasteiger partial charge in [0.2, 0.25) is 0 Å². The van der Waals surface area contributed by atoms with E-state index in [2.05, 4.69) is 178 Å². The molecular weight excluding hydrogens is 904 g/mol. The highest BCUT2D eigenvalue weighted by molar-refractivity contribution is 7.00. The van der Waals surface area contributed by atoms with Crippen molar-refractivity contribution >= 4 is 66.7 Å². The van der Waals surface area contributed by atoms with Crippen molar-refractivity contribution in [2.75, 3.05) is 26.4 Å². The molecule has 0 unspecified atom stereocenters. The molecule has 0 saturated heterocycles. The van der Waals surface area contributed by atoms with Crippen molar-refractivity contribution in [3.8, 4) is 57.0 Å². The Labute approximate surface area is 425 Å². The van der Waals surface area contributed by atoms with Gasteiger partial charge >= 0.3 is 0 Å².